The van der Waals surface area contributed by atoms with Crippen molar-refractivity contribution in [2.75, 3.05) is 6.67 Å². The monoisotopic (exact) mass is 351 g/mol. The van der Waals surface area contributed by atoms with E-state index < -0.39 is 47.5 Å². The van der Waals surface area contributed by atoms with Gasteiger partial charge in [0.25, 0.3) is 0 Å². The smallest absolute Gasteiger partial charge is 0.408 e. The predicted molar refractivity (Wildman–Crippen MR) is 84.4 cm³/mol. The maximum absolute atomic E-state index is 13.9. The Kier molecular flexibility index (Phi) is 7.63. The van der Waals surface area contributed by atoms with E-state index in [-0.39, 0.29) is 13.5 Å². The van der Waals surface area contributed by atoms with E-state index in [4.69, 9.17) is 4.74 Å². The fourth-order valence-corrected chi connectivity index (χ4v) is 1.90. The minimum absolute atomic E-state index is 0. The molecule has 0 heterocycles. The van der Waals surface area contributed by atoms with Crippen LogP contribution in [0.5, 0.6) is 0 Å². The van der Waals surface area contributed by atoms with E-state index in [0.717, 1.165) is 12.1 Å². The number of hydrogen-bond acceptors (Lipinski definition) is 3. The molecule has 1 rings (SSSR count). The molecule has 1 amide bonds. The molecule has 0 aliphatic carbocycles. The van der Waals surface area contributed by atoms with Crippen molar-refractivity contribution in [1.82, 2.24) is 5.32 Å². The third-order valence-electron chi connectivity index (χ3n) is 2.87. The lowest BCUT2D eigenvalue weighted by molar-refractivity contribution is -0.109. The van der Waals surface area contributed by atoms with Gasteiger partial charge in [-0.15, -0.1) is 0 Å². The third-order valence-corrected chi connectivity index (χ3v) is 2.87. The summed E-state index contributed by atoms with van der Waals surface area (Å²) in [7, 11) is 0. The van der Waals surface area contributed by atoms with Crippen LogP contribution >= 0.6 is 13.5 Å². The lowest BCUT2D eigenvalue weighted by Crippen LogP contribution is -2.50. The van der Waals surface area contributed by atoms with Crippen LogP contribution in [0.15, 0.2) is 18.2 Å². The maximum Gasteiger partial charge on any atom is 0.408 e. The predicted octanol–water partition coefficient (Wildman–Crippen LogP) is 3.36. The quantitative estimate of drug-likeness (QED) is 0.828. The van der Waals surface area contributed by atoms with Crippen LogP contribution in [0, 0.1) is 11.6 Å². The first kappa shape index (κ1) is 21.3. The molecule has 23 heavy (non-hydrogen) atoms. The van der Waals surface area contributed by atoms with Crippen molar-refractivity contribution in [2.24, 2.45) is 0 Å². The molecule has 0 saturated heterocycles. The third kappa shape index (κ3) is 5.46. The molecule has 0 bridgehead atoms. The molecule has 0 fully saturated rings. The molecule has 8 heteroatoms. The molecule has 0 aliphatic rings. The second-order valence-corrected chi connectivity index (χ2v) is 5.81. The van der Waals surface area contributed by atoms with Crippen molar-refractivity contribution in [3.05, 3.63) is 35.4 Å². The van der Waals surface area contributed by atoms with Crippen molar-refractivity contribution >= 4 is 25.9 Å². The van der Waals surface area contributed by atoms with Gasteiger partial charge < -0.3 is 14.8 Å². The van der Waals surface area contributed by atoms with Gasteiger partial charge in [-0.05, 0) is 26.8 Å². The number of nitrogens with one attached hydrogen (secondary N) is 1. The van der Waals surface area contributed by atoms with Crippen molar-refractivity contribution in [1.29, 1.82) is 0 Å². The summed E-state index contributed by atoms with van der Waals surface area (Å²) < 4.78 is 45.9. The van der Waals surface area contributed by atoms with Gasteiger partial charge in [-0.2, -0.15) is 13.5 Å². The highest BCUT2D eigenvalue weighted by molar-refractivity contribution is 7.59. The van der Waals surface area contributed by atoms with Crippen molar-refractivity contribution in [3.8, 4) is 0 Å². The molecule has 0 radical (unpaired) electrons. The molecule has 0 aromatic heterocycles. The second kappa shape index (κ2) is 8.24. The van der Waals surface area contributed by atoms with E-state index in [1.54, 1.807) is 20.8 Å². The Labute approximate surface area is 139 Å². The van der Waals surface area contributed by atoms with Crippen LogP contribution in [0.3, 0.4) is 0 Å². The highest BCUT2D eigenvalue weighted by atomic mass is 32.1. The van der Waals surface area contributed by atoms with Crippen LogP contribution in [0.25, 0.3) is 0 Å². The Morgan fingerprint density at radius 1 is 1.30 bits per heavy atom. The van der Waals surface area contributed by atoms with Crippen LogP contribution < -0.4 is 5.32 Å². The molecule has 130 valence electrons. The van der Waals surface area contributed by atoms with Crippen LogP contribution in [-0.4, -0.2) is 24.7 Å². The summed E-state index contributed by atoms with van der Waals surface area (Å²) in [5, 5.41) is 2.15. The molecule has 4 nitrogen and oxygen atoms in total. The molecule has 0 saturated carbocycles. The summed E-state index contributed by atoms with van der Waals surface area (Å²) in [5.41, 5.74) is -3.34. The zero-order valence-corrected chi connectivity index (χ0v) is 14.1. The molecule has 1 aromatic carbocycles. The summed E-state index contributed by atoms with van der Waals surface area (Å²) in [5.74, 6) is -2.52. The van der Waals surface area contributed by atoms with Crippen LogP contribution in [-0.2, 0) is 15.1 Å². The van der Waals surface area contributed by atoms with Gasteiger partial charge >= 0.3 is 6.09 Å². The fraction of sp³-hybridized carbons (Fsp3) is 0.467. The molecule has 0 spiro atoms. The number of benzene rings is 1. The number of alkyl carbamates (subject to hydrolysis) is 1. The summed E-state index contributed by atoms with van der Waals surface area (Å²) in [6, 6.07) is 3.13. The zero-order valence-electron chi connectivity index (χ0n) is 13.1. The highest BCUT2D eigenvalue weighted by Crippen LogP contribution is 2.29. The largest absolute Gasteiger partial charge is 0.444 e. The molecular weight excluding hydrogens is 331 g/mol. The van der Waals surface area contributed by atoms with E-state index in [0.29, 0.717) is 6.29 Å². The lowest BCUT2D eigenvalue weighted by Gasteiger charge is -2.32. The number of carbonyl (C=O) groups excluding carboxylic acids is 2. The summed E-state index contributed by atoms with van der Waals surface area (Å²) in [6.07, 6.45) is -1.28. The van der Waals surface area contributed by atoms with Gasteiger partial charge in [0.1, 0.15) is 24.1 Å². The molecular formula is C15H20F3NO3S. The Morgan fingerprint density at radius 2 is 1.91 bits per heavy atom. The lowest BCUT2D eigenvalue weighted by atomic mass is 9.87. The van der Waals surface area contributed by atoms with Crippen LogP contribution in [0.2, 0.25) is 0 Å². The number of amides is 1. The second-order valence-electron chi connectivity index (χ2n) is 5.81. The fourth-order valence-electron chi connectivity index (χ4n) is 1.90. The number of halogens is 3. The van der Waals surface area contributed by atoms with E-state index in [2.05, 4.69) is 5.32 Å². The van der Waals surface area contributed by atoms with E-state index in [9.17, 15) is 22.8 Å². The number of aldehydes is 1. The average molecular weight is 351 g/mol. The summed E-state index contributed by atoms with van der Waals surface area (Å²) >= 11 is 0. The molecule has 1 atom stereocenters. The Hall–Kier alpha value is -1.70. The molecule has 1 N–H and O–H groups in total. The minimum Gasteiger partial charge on any atom is -0.444 e. The Balaban J connectivity index is 0.00000484. The van der Waals surface area contributed by atoms with Crippen LogP contribution in [0.1, 0.15) is 32.8 Å². The average Bonchev–Trinajstić information content (AvgIpc) is 2.39. The van der Waals surface area contributed by atoms with Crippen molar-refractivity contribution < 1.29 is 27.5 Å². The number of carbonyl (C=O) groups is 2. The van der Waals surface area contributed by atoms with Crippen molar-refractivity contribution in [2.45, 2.75) is 38.3 Å². The summed E-state index contributed by atoms with van der Waals surface area (Å²) in [4.78, 5) is 22.7. The van der Waals surface area contributed by atoms with Gasteiger partial charge in [-0.1, -0.05) is 12.1 Å². The van der Waals surface area contributed by atoms with E-state index >= 15 is 0 Å². The summed E-state index contributed by atoms with van der Waals surface area (Å²) in [6.45, 7) is 3.47. The van der Waals surface area contributed by atoms with E-state index in [1.807, 2.05) is 0 Å². The molecule has 1 aromatic rings. The van der Waals surface area contributed by atoms with Gasteiger partial charge in [0.15, 0.2) is 11.6 Å². The first-order chi connectivity index (χ1) is 10.1. The van der Waals surface area contributed by atoms with Gasteiger partial charge in [-0.3, -0.25) is 0 Å². The minimum atomic E-state index is -2.02. The van der Waals surface area contributed by atoms with Gasteiger partial charge in [-0.25, -0.2) is 18.0 Å². The standard InChI is InChI=1S/C15H18F3NO3.H2S/c1-14(2,3)22-13(21)19-15(9-16,7-8-20)10-5-4-6-11(17)12(10)18;/h4-6,8H,7,9H2,1-3H3,(H,19,21);1H2/t15-;/m1./s1. The number of rotatable bonds is 5. The number of alkyl halides is 1. The highest BCUT2D eigenvalue weighted by Gasteiger charge is 2.38. The SMILES string of the molecule is CC(C)(C)OC(=O)N[C@@](CF)(CC=O)c1cccc(F)c1F.S. The number of ether oxygens (including phenoxy) is 1. The first-order valence-electron chi connectivity index (χ1n) is 6.60. The van der Waals surface area contributed by atoms with Gasteiger partial charge in [0.05, 0.1) is 0 Å². The Morgan fingerprint density at radius 3 is 2.39 bits per heavy atom. The van der Waals surface area contributed by atoms with Gasteiger partial charge in [0.2, 0.25) is 0 Å². The normalized spacial score (nSPS) is 13.5. The topological polar surface area (TPSA) is 55.4 Å². The van der Waals surface area contributed by atoms with E-state index in [1.165, 1.54) is 6.07 Å². The van der Waals surface area contributed by atoms with Gasteiger partial charge in [0, 0.05) is 12.0 Å². The first-order valence-corrected chi connectivity index (χ1v) is 6.60. The Bertz CT molecular complexity index is 563. The zero-order chi connectivity index (χ0) is 17.0. The molecule has 0 aliphatic heterocycles. The van der Waals surface area contributed by atoms with Crippen LogP contribution in [0.4, 0.5) is 18.0 Å². The molecule has 0 unspecified atom stereocenters. The number of hydrogen-bond donors (Lipinski definition) is 1. The maximum atomic E-state index is 13.9. The van der Waals surface area contributed by atoms with Crippen molar-refractivity contribution in [3.63, 3.8) is 0 Å².